The number of amides is 2. The Hall–Kier alpha value is -0.490. The van der Waals surface area contributed by atoms with E-state index in [4.69, 9.17) is 11.8 Å². The lowest BCUT2D eigenvalue weighted by atomic mass is 10.3. The maximum atomic E-state index is 10.9. The van der Waals surface area contributed by atoms with E-state index in [1.54, 1.807) is 5.43 Å². The maximum absolute atomic E-state index is 10.9. The van der Waals surface area contributed by atoms with Gasteiger partial charge in [-0.2, -0.15) is 18.1 Å². The molecular formula is C5H10ClN3O2S. The molecule has 0 saturated carbocycles. The first-order valence-electron chi connectivity index (χ1n) is 3.35. The fourth-order valence-corrected chi connectivity index (χ4v) is 1.38. The number of nitroso groups, excluding NO2 is 1. The van der Waals surface area contributed by atoms with E-state index in [1.807, 2.05) is 6.92 Å². The minimum absolute atomic E-state index is 0.197. The van der Waals surface area contributed by atoms with Crippen molar-refractivity contribution < 1.29 is 4.79 Å². The highest BCUT2D eigenvalue weighted by Gasteiger charge is 2.19. The number of carbonyl (C=O) groups is 1. The summed E-state index contributed by atoms with van der Waals surface area (Å²) in [5.41, 5.74) is 1.68. The van der Waals surface area contributed by atoms with Gasteiger partial charge in [-0.15, -0.1) is 4.91 Å². The van der Waals surface area contributed by atoms with E-state index in [0.29, 0.717) is 12.2 Å². The summed E-state index contributed by atoms with van der Waals surface area (Å²) < 4.78 is 0.883. The van der Waals surface area contributed by atoms with Crippen LogP contribution in [0, 0.1) is 4.91 Å². The summed E-state index contributed by atoms with van der Waals surface area (Å²) in [6, 6.07) is -0.927. The number of hydrogen-bond donors (Lipinski definition) is 2. The van der Waals surface area contributed by atoms with Gasteiger partial charge in [-0.3, -0.25) is 0 Å². The number of nitrogens with one attached hydrogen (secondary N) is 1. The molecule has 7 heteroatoms. The van der Waals surface area contributed by atoms with Crippen LogP contribution in [-0.4, -0.2) is 22.2 Å². The number of carbonyl (C=O) groups excluding carboxylic acids is 1. The monoisotopic (exact) mass is 211 g/mol. The second-order valence-electron chi connectivity index (χ2n) is 2.06. The van der Waals surface area contributed by atoms with Crippen LogP contribution in [0.25, 0.3) is 0 Å². The van der Waals surface area contributed by atoms with E-state index in [-0.39, 0.29) is 6.04 Å². The maximum Gasteiger partial charge on any atom is 0.355 e. The molecule has 0 rings (SSSR count). The Morgan fingerprint density at radius 3 is 2.75 bits per heavy atom. The molecule has 0 aliphatic rings. The molecule has 0 fully saturated rings. The number of halogens is 1. The Labute approximate surface area is 80.9 Å². The first-order valence-corrected chi connectivity index (χ1v) is 4.32. The Balaban J connectivity index is 4.05. The Bertz CT molecular complexity index is 165. The van der Waals surface area contributed by atoms with Gasteiger partial charge in [0.05, 0.1) is 11.3 Å². The first-order chi connectivity index (χ1) is 5.67. The molecule has 0 saturated heterocycles. The van der Waals surface area contributed by atoms with Gasteiger partial charge in [0.15, 0.2) is 0 Å². The largest absolute Gasteiger partial charge is 0.355 e. The van der Waals surface area contributed by atoms with Crippen molar-refractivity contribution in [2.75, 3.05) is 5.75 Å². The van der Waals surface area contributed by atoms with Crippen LogP contribution in [-0.2, 0) is 0 Å². The quantitative estimate of drug-likeness (QED) is 0.321. The van der Waals surface area contributed by atoms with Gasteiger partial charge < -0.3 is 0 Å². The summed E-state index contributed by atoms with van der Waals surface area (Å²) in [6.45, 7) is 1.86. The summed E-state index contributed by atoms with van der Waals surface area (Å²) in [5.74, 6) is 0.437. The first kappa shape index (κ1) is 11.5. The molecular weight excluding hydrogens is 202 g/mol. The molecule has 0 spiro atoms. The number of thiol groups is 1. The number of rotatable bonds is 4. The molecule has 1 unspecified atom stereocenters. The standard InChI is InChI=1S/C5H10ClN3O2S/c1-2-4(3-12)9(6)5(10)7-8-11/h4,12H,2-3H2,1H3,(H,7,10,11). The molecule has 1 atom stereocenters. The molecule has 0 bridgehead atoms. The van der Waals surface area contributed by atoms with Crippen LogP contribution in [0.5, 0.6) is 0 Å². The van der Waals surface area contributed by atoms with Gasteiger partial charge in [-0.05, 0) is 6.42 Å². The molecule has 12 heavy (non-hydrogen) atoms. The Kier molecular flexibility index (Phi) is 5.83. The van der Waals surface area contributed by atoms with Crippen LogP contribution >= 0.6 is 24.4 Å². The fraction of sp³-hybridized carbons (Fsp3) is 0.800. The highest BCUT2D eigenvalue weighted by molar-refractivity contribution is 7.80. The third kappa shape index (κ3) is 3.27. The zero-order chi connectivity index (χ0) is 9.56. The van der Waals surface area contributed by atoms with Gasteiger partial charge in [-0.25, -0.2) is 9.21 Å². The summed E-state index contributed by atoms with van der Waals surface area (Å²) in [4.78, 5) is 20.5. The lowest BCUT2D eigenvalue weighted by Crippen LogP contribution is -2.38. The summed E-state index contributed by atoms with van der Waals surface area (Å²) in [5, 5.41) is 2.21. The van der Waals surface area contributed by atoms with Crippen molar-refractivity contribution in [2.45, 2.75) is 19.4 Å². The highest BCUT2D eigenvalue weighted by atomic mass is 35.5. The highest BCUT2D eigenvalue weighted by Crippen LogP contribution is 2.09. The topological polar surface area (TPSA) is 61.8 Å². The van der Waals surface area contributed by atoms with Gasteiger partial charge >= 0.3 is 6.03 Å². The molecule has 0 heterocycles. The molecule has 5 nitrogen and oxygen atoms in total. The average Bonchev–Trinajstić information content (AvgIpc) is 2.07. The van der Waals surface area contributed by atoms with Crippen molar-refractivity contribution in [3.63, 3.8) is 0 Å². The van der Waals surface area contributed by atoms with Crippen LogP contribution in [0.2, 0.25) is 0 Å². The number of nitrogens with zero attached hydrogens (tertiary/aromatic N) is 2. The third-order valence-electron chi connectivity index (χ3n) is 1.34. The van der Waals surface area contributed by atoms with Gasteiger partial charge in [-0.1, -0.05) is 6.92 Å². The molecule has 0 aromatic heterocycles. The van der Waals surface area contributed by atoms with E-state index in [9.17, 15) is 9.70 Å². The van der Waals surface area contributed by atoms with Crippen molar-refractivity contribution in [3.8, 4) is 0 Å². The average molecular weight is 212 g/mol. The van der Waals surface area contributed by atoms with Crippen LogP contribution in [0.15, 0.2) is 5.29 Å². The van der Waals surface area contributed by atoms with E-state index in [2.05, 4.69) is 17.9 Å². The third-order valence-corrected chi connectivity index (χ3v) is 2.19. The molecule has 1 N–H and O–H groups in total. The number of urea groups is 1. The summed E-state index contributed by atoms with van der Waals surface area (Å²) in [6.07, 6.45) is 0.666. The van der Waals surface area contributed by atoms with Gasteiger partial charge in [0, 0.05) is 17.5 Å². The van der Waals surface area contributed by atoms with Crippen molar-refractivity contribution in [1.29, 1.82) is 0 Å². The predicted molar refractivity (Wildman–Crippen MR) is 50.0 cm³/mol. The van der Waals surface area contributed by atoms with Crippen molar-refractivity contribution in [1.82, 2.24) is 9.84 Å². The van der Waals surface area contributed by atoms with E-state index in [0.717, 1.165) is 4.42 Å². The molecule has 0 aliphatic carbocycles. The van der Waals surface area contributed by atoms with Gasteiger partial charge in [0.1, 0.15) is 0 Å². The van der Waals surface area contributed by atoms with Gasteiger partial charge in [0.2, 0.25) is 0 Å². The van der Waals surface area contributed by atoms with E-state index >= 15 is 0 Å². The van der Waals surface area contributed by atoms with Crippen molar-refractivity contribution in [2.24, 2.45) is 5.29 Å². The van der Waals surface area contributed by atoms with E-state index < -0.39 is 6.03 Å². The Morgan fingerprint density at radius 1 is 1.83 bits per heavy atom. The zero-order valence-corrected chi connectivity index (χ0v) is 8.18. The molecule has 0 aromatic rings. The Morgan fingerprint density at radius 2 is 2.42 bits per heavy atom. The molecule has 0 radical (unpaired) electrons. The lowest BCUT2D eigenvalue weighted by molar-refractivity contribution is 0.216. The fourth-order valence-electron chi connectivity index (χ4n) is 0.614. The second-order valence-corrected chi connectivity index (χ2v) is 2.79. The minimum Gasteiger partial charge on any atom is -0.245 e. The lowest BCUT2D eigenvalue weighted by Gasteiger charge is -2.20. The molecule has 0 aromatic carbocycles. The molecule has 2 amide bonds. The molecule has 70 valence electrons. The van der Waals surface area contributed by atoms with E-state index in [1.165, 1.54) is 0 Å². The second kappa shape index (κ2) is 6.07. The summed E-state index contributed by atoms with van der Waals surface area (Å²) >= 11 is 9.53. The minimum atomic E-state index is -0.729. The number of hydrogen-bond acceptors (Lipinski definition) is 4. The van der Waals surface area contributed by atoms with Crippen LogP contribution in [0.1, 0.15) is 13.3 Å². The van der Waals surface area contributed by atoms with Crippen LogP contribution < -0.4 is 5.43 Å². The normalized spacial score (nSPS) is 11.9. The van der Waals surface area contributed by atoms with Crippen molar-refractivity contribution in [3.05, 3.63) is 4.91 Å². The summed E-state index contributed by atoms with van der Waals surface area (Å²) in [7, 11) is 0. The smallest absolute Gasteiger partial charge is 0.245 e. The van der Waals surface area contributed by atoms with Crippen LogP contribution in [0.4, 0.5) is 4.79 Å². The predicted octanol–water partition coefficient (Wildman–Crippen LogP) is 1.54. The van der Waals surface area contributed by atoms with Crippen molar-refractivity contribution >= 4 is 30.4 Å². The molecule has 0 aliphatic heterocycles. The SMILES string of the molecule is CCC(CS)N(Cl)C(=O)NN=O. The van der Waals surface area contributed by atoms with Gasteiger partial charge in [0.25, 0.3) is 0 Å². The zero-order valence-electron chi connectivity index (χ0n) is 6.53. The van der Waals surface area contributed by atoms with Crippen LogP contribution in [0.3, 0.4) is 0 Å².